The number of likely N-dealkylation sites (N-methyl/N-ethyl adjacent to an activating group) is 1. The van der Waals surface area contributed by atoms with Gasteiger partial charge in [-0.15, -0.1) is 0 Å². The van der Waals surface area contributed by atoms with Crippen LogP contribution in [-0.4, -0.2) is 40.7 Å². The van der Waals surface area contributed by atoms with Gasteiger partial charge in [0.1, 0.15) is 18.5 Å². The first-order valence-electron chi connectivity index (χ1n) is 7.90. The lowest BCUT2D eigenvalue weighted by molar-refractivity contribution is -0.385. The topological polar surface area (TPSA) is 75.8 Å². The normalized spacial score (nSPS) is 12.1. The van der Waals surface area contributed by atoms with Gasteiger partial charge in [0, 0.05) is 24.7 Å². The predicted octanol–water partition coefficient (Wildman–Crippen LogP) is 2.86. The zero-order valence-electron chi connectivity index (χ0n) is 13.7. The van der Waals surface area contributed by atoms with Gasteiger partial charge in [0.2, 0.25) is 0 Å². The molecule has 0 fully saturated rings. The fraction of sp³-hybridized carbons (Fsp3) is 0.333. The van der Waals surface area contributed by atoms with Crippen LogP contribution in [0.15, 0.2) is 54.6 Å². The Bertz CT molecular complexity index is 648. The van der Waals surface area contributed by atoms with E-state index in [1.54, 1.807) is 18.2 Å². The van der Waals surface area contributed by atoms with Crippen molar-refractivity contribution >= 4 is 5.69 Å². The van der Waals surface area contributed by atoms with Gasteiger partial charge in [-0.3, -0.25) is 15.0 Å². The second kappa shape index (κ2) is 9.00. The third-order valence-corrected chi connectivity index (χ3v) is 3.68. The van der Waals surface area contributed by atoms with Crippen LogP contribution in [0, 0.1) is 10.1 Å². The van der Waals surface area contributed by atoms with Gasteiger partial charge in [-0.05, 0) is 18.7 Å². The average molecular weight is 330 g/mol. The van der Waals surface area contributed by atoms with Crippen molar-refractivity contribution in [3.05, 3.63) is 70.3 Å². The molecule has 2 rings (SSSR count). The number of nitrogens with zero attached hydrogens (tertiary/aromatic N) is 2. The minimum absolute atomic E-state index is 0.103. The molecule has 6 heteroatoms. The van der Waals surface area contributed by atoms with E-state index in [0.717, 1.165) is 0 Å². The molecule has 1 unspecified atom stereocenters. The van der Waals surface area contributed by atoms with Crippen LogP contribution in [-0.2, 0) is 6.54 Å². The van der Waals surface area contributed by atoms with Crippen molar-refractivity contribution in [3.63, 3.8) is 0 Å². The molecule has 1 N–H and O–H groups in total. The van der Waals surface area contributed by atoms with Crippen molar-refractivity contribution in [2.75, 3.05) is 19.7 Å². The van der Waals surface area contributed by atoms with Crippen LogP contribution in [0.4, 0.5) is 5.69 Å². The van der Waals surface area contributed by atoms with Gasteiger partial charge in [-0.1, -0.05) is 43.3 Å². The maximum Gasteiger partial charge on any atom is 0.273 e. The average Bonchev–Trinajstić information content (AvgIpc) is 2.60. The number of nitro groups is 1. The van der Waals surface area contributed by atoms with Crippen LogP contribution in [0.1, 0.15) is 12.5 Å². The SMILES string of the molecule is CCN(Cc1ccccc1[N+](=O)[O-])CC(O)COc1ccccc1. The molecule has 0 radical (unpaired) electrons. The smallest absolute Gasteiger partial charge is 0.273 e. The Morgan fingerprint density at radius 1 is 1.17 bits per heavy atom. The maximum atomic E-state index is 11.1. The number of nitro benzene ring substituents is 1. The number of para-hydroxylation sites is 2. The Kier molecular flexibility index (Phi) is 6.72. The molecule has 6 nitrogen and oxygen atoms in total. The first kappa shape index (κ1) is 17.9. The van der Waals surface area contributed by atoms with Crippen LogP contribution in [0.5, 0.6) is 5.75 Å². The maximum absolute atomic E-state index is 11.1. The van der Waals surface area contributed by atoms with Crippen LogP contribution in [0.2, 0.25) is 0 Å². The summed E-state index contributed by atoms with van der Waals surface area (Å²) >= 11 is 0. The van der Waals surface area contributed by atoms with Gasteiger partial charge >= 0.3 is 0 Å². The molecule has 24 heavy (non-hydrogen) atoms. The summed E-state index contributed by atoms with van der Waals surface area (Å²) in [5.41, 5.74) is 0.742. The van der Waals surface area contributed by atoms with Gasteiger partial charge in [0.05, 0.1) is 4.92 Å². The molecule has 0 saturated carbocycles. The van der Waals surface area contributed by atoms with Gasteiger partial charge in [0.25, 0.3) is 5.69 Å². The van der Waals surface area contributed by atoms with E-state index in [-0.39, 0.29) is 17.2 Å². The van der Waals surface area contributed by atoms with Crippen LogP contribution in [0.25, 0.3) is 0 Å². The number of aliphatic hydroxyl groups excluding tert-OH is 1. The second-order valence-corrected chi connectivity index (χ2v) is 5.49. The summed E-state index contributed by atoms with van der Waals surface area (Å²) in [7, 11) is 0. The first-order chi connectivity index (χ1) is 11.6. The molecule has 2 aromatic rings. The molecule has 0 aromatic heterocycles. The highest BCUT2D eigenvalue weighted by atomic mass is 16.6. The summed E-state index contributed by atoms with van der Waals surface area (Å²) in [6.07, 6.45) is -0.673. The Balaban J connectivity index is 1.91. The highest BCUT2D eigenvalue weighted by Crippen LogP contribution is 2.19. The zero-order chi connectivity index (χ0) is 17.4. The van der Waals surface area contributed by atoms with Crippen LogP contribution >= 0.6 is 0 Å². The van der Waals surface area contributed by atoms with Crippen LogP contribution in [0.3, 0.4) is 0 Å². The van der Waals surface area contributed by atoms with Crippen molar-refractivity contribution in [1.29, 1.82) is 0 Å². The summed E-state index contributed by atoms with van der Waals surface area (Å²) < 4.78 is 5.54. The Morgan fingerprint density at radius 2 is 1.83 bits per heavy atom. The molecule has 0 amide bonds. The quantitative estimate of drug-likeness (QED) is 0.565. The fourth-order valence-electron chi connectivity index (χ4n) is 2.43. The third-order valence-electron chi connectivity index (χ3n) is 3.68. The lowest BCUT2D eigenvalue weighted by Gasteiger charge is -2.23. The summed E-state index contributed by atoms with van der Waals surface area (Å²) in [5.74, 6) is 0.707. The largest absolute Gasteiger partial charge is 0.491 e. The molecule has 0 heterocycles. The minimum atomic E-state index is -0.673. The summed E-state index contributed by atoms with van der Waals surface area (Å²) in [4.78, 5) is 12.7. The van der Waals surface area contributed by atoms with Crippen molar-refractivity contribution in [3.8, 4) is 5.75 Å². The molecular weight excluding hydrogens is 308 g/mol. The Hall–Kier alpha value is -2.44. The van der Waals surface area contributed by atoms with E-state index in [1.165, 1.54) is 6.07 Å². The molecule has 0 aliphatic carbocycles. The molecular formula is C18H22N2O4. The summed E-state index contributed by atoms with van der Waals surface area (Å²) in [6, 6.07) is 16.0. The van der Waals surface area contributed by atoms with E-state index < -0.39 is 6.10 Å². The molecule has 0 saturated heterocycles. The highest BCUT2D eigenvalue weighted by Gasteiger charge is 2.17. The van der Waals surface area contributed by atoms with Crippen LogP contribution < -0.4 is 4.74 Å². The molecule has 2 aromatic carbocycles. The predicted molar refractivity (Wildman–Crippen MR) is 92.0 cm³/mol. The standard InChI is InChI=1S/C18H22N2O4/c1-2-19(12-15-8-6-7-11-18(15)20(22)23)13-16(21)14-24-17-9-4-3-5-10-17/h3-11,16,21H,2,12-14H2,1H3. The molecule has 0 bridgehead atoms. The third kappa shape index (κ3) is 5.33. The number of ether oxygens (including phenoxy) is 1. The lowest BCUT2D eigenvalue weighted by atomic mass is 10.1. The second-order valence-electron chi connectivity index (χ2n) is 5.49. The van der Waals surface area contributed by atoms with Crippen molar-refractivity contribution < 1.29 is 14.8 Å². The van der Waals surface area contributed by atoms with E-state index in [1.807, 2.05) is 42.2 Å². The van der Waals surface area contributed by atoms with Crippen molar-refractivity contribution in [1.82, 2.24) is 4.90 Å². The number of hydrogen-bond acceptors (Lipinski definition) is 5. The molecule has 1 atom stereocenters. The number of hydrogen-bond donors (Lipinski definition) is 1. The highest BCUT2D eigenvalue weighted by molar-refractivity contribution is 5.39. The van der Waals surface area contributed by atoms with E-state index in [0.29, 0.717) is 30.9 Å². The van der Waals surface area contributed by atoms with Gasteiger partial charge in [-0.2, -0.15) is 0 Å². The Labute approximate surface area is 141 Å². The summed E-state index contributed by atoms with van der Waals surface area (Å²) in [5, 5.41) is 21.3. The van der Waals surface area contributed by atoms with Gasteiger partial charge in [-0.25, -0.2) is 0 Å². The Morgan fingerprint density at radius 3 is 2.50 bits per heavy atom. The van der Waals surface area contributed by atoms with E-state index in [2.05, 4.69) is 0 Å². The van der Waals surface area contributed by atoms with Gasteiger partial charge in [0.15, 0.2) is 0 Å². The van der Waals surface area contributed by atoms with Crippen molar-refractivity contribution in [2.24, 2.45) is 0 Å². The van der Waals surface area contributed by atoms with Crippen molar-refractivity contribution in [2.45, 2.75) is 19.6 Å². The fourth-order valence-corrected chi connectivity index (χ4v) is 2.43. The summed E-state index contributed by atoms with van der Waals surface area (Å²) in [6.45, 7) is 3.61. The number of aliphatic hydroxyl groups is 1. The molecule has 0 spiro atoms. The van der Waals surface area contributed by atoms with Gasteiger partial charge < -0.3 is 9.84 Å². The number of benzene rings is 2. The van der Waals surface area contributed by atoms with E-state index in [9.17, 15) is 15.2 Å². The zero-order valence-corrected chi connectivity index (χ0v) is 13.7. The molecule has 0 aliphatic rings. The molecule has 0 aliphatic heterocycles. The number of rotatable bonds is 9. The monoisotopic (exact) mass is 330 g/mol. The lowest BCUT2D eigenvalue weighted by Crippen LogP contribution is -2.35. The minimum Gasteiger partial charge on any atom is -0.491 e. The van der Waals surface area contributed by atoms with E-state index >= 15 is 0 Å². The molecule has 128 valence electrons. The first-order valence-corrected chi connectivity index (χ1v) is 7.90. The van der Waals surface area contributed by atoms with E-state index in [4.69, 9.17) is 4.74 Å².